The van der Waals surface area contributed by atoms with Gasteiger partial charge < -0.3 is 25.2 Å². The van der Waals surface area contributed by atoms with Crippen molar-refractivity contribution in [2.24, 2.45) is 0 Å². The Morgan fingerprint density at radius 2 is 1.71 bits per heavy atom. The van der Waals surface area contributed by atoms with Crippen LogP contribution in [0.3, 0.4) is 0 Å². The molecule has 1 saturated carbocycles. The van der Waals surface area contributed by atoms with Gasteiger partial charge in [-0.2, -0.15) is 13.2 Å². The smallest absolute Gasteiger partial charge is 0.420 e. The van der Waals surface area contributed by atoms with E-state index in [-0.39, 0.29) is 29.8 Å². The third-order valence-corrected chi connectivity index (χ3v) is 6.29. The number of methoxy groups -OCH3 is 1. The van der Waals surface area contributed by atoms with E-state index in [1.54, 1.807) is 24.3 Å². The first-order valence-electron chi connectivity index (χ1n) is 11.8. The Morgan fingerprint density at radius 3 is 2.24 bits per heavy atom. The summed E-state index contributed by atoms with van der Waals surface area (Å²) in [5.74, 6) is -0.604. The second kappa shape index (κ2) is 12.0. The number of rotatable bonds is 12. The van der Waals surface area contributed by atoms with Crippen molar-refractivity contribution in [3.05, 3.63) is 78.9 Å². The van der Waals surface area contributed by atoms with E-state index in [0.717, 1.165) is 6.07 Å². The van der Waals surface area contributed by atoms with Gasteiger partial charge in [0.15, 0.2) is 0 Å². The lowest BCUT2D eigenvalue weighted by atomic mass is 9.71. The highest BCUT2D eigenvalue weighted by Gasteiger charge is 2.52. The topological polar surface area (TPSA) is 100 Å². The zero-order valence-electron chi connectivity index (χ0n) is 20.9. The van der Waals surface area contributed by atoms with Crippen molar-refractivity contribution >= 4 is 12.0 Å². The van der Waals surface area contributed by atoms with Crippen LogP contribution in [-0.4, -0.2) is 53.8 Å². The SMILES string of the molecule is C=CCN(CC=C)C1CC(NC(=O)O)(C(=O)NCc2ccc(Oc3ccc(OC)cc3C(F)(F)F)cc2)C1. The number of nitrogens with one attached hydrogen (secondary N) is 2. The fraction of sp³-hybridized carbons (Fsp3) is 0.333. The summed E-state index contributed by atoms with van der Waals surface area (Å²) in [6.07, 6.45) is -1.87. The van der Waals surface area contributed by atoms with Gasteiger partial charge in [0.05, 0.1) is 7.11 Å². The van der Waals surface area contributed by atoms with E-state index in [2.05, 4.69) is 28.7 Å². The van der Waals surface area contributed by atoms with E-state index in [1.807, 2.05) is 0 Å². The molecule has 0 radical (unpaired) electrons. The number of carboxylic acid groups (broad SMARTS) is 1. The molecule has 0 heterocycles. The Hall–Kier alpha value is -3.99. The van der Waals surface area contributed by atoms with Crippen LogP contribution in [0.1, 0.15) is 24.0 Å². The van der Waals surface area contributed by atoms with Crippen molar-refractivity contribution in [3.63, 3.8) is 0 Å². The Balaban J connectivity index is 1.64. The second-order valence-electron chi connectivity index (χ2n) is 8.89. The van der Waals surface area contributed by atoms with Gasteiger partial charge in [0.1, 0.15) is 28.4 Å². The van der Waals surface area contributed by atoms with Crippen LogP contribution in [-0.2, 0) is 17.5 Å². The van der Waals surface area contributed by atoms with Gasteiger partial charge in [-0.3, -0.25) is 9.69 Å². The zero-order chi connectivity index (χ0) is 27.9. The summed E-state index contributed by atoms with van der Waals surface area (Å²) >= 11 is 0. The van der Waals surface area contributed by atoms with Crippen LogP contribution in [0.2, 0.25) is 0 Å². The van der Waals surface area contributed by atoms with Gasteiger partial charge in [-0.05, 0) is 48.7 Å². The number of amides is 2. The molecule has 2 amide bonds. The minimum atomic E-state index is -4.64. The summed E-state index contributed by atoms with van der Waals surface area (Å²) in [5.41, 5.74) is -1.58. The van der Waals surface area contributed by atoms with Crippen LogP contribution in [0.4, 0.5) is 18.0 Å². The molecule has 1 aliphatic rings. The van der Waals surface area contributed by atoms with Crippen molar-refractivity contribution < 1.29 is 37.3 Å². The summed E-state index contributed by atoms with van der Waals surface area (Å²) in [6.45, 7) is 8.71. The monoisotopic (exact) mass is 533 g/mol. The molecule has 0 aliphatic heterocycles. The van der Waals surface area contributed by atoms with E-state index in [9.17, 15) is 27.9 Å². The van der Waals surface area contributed by atoms with Crippen LogP contribution in [0.25, 0.3) is 0 Å². The fourth-order valence-corrected chi connectivity index (χ4v) is 4.36. The van der Waals surface area contributed by atoms with Crippen molar-refractivity contribution in [1.82, 2.24) is 15.5 Å². The molecule has 3 rings (SSSR count). The first-order valence-corrected chi connectivity index (χ1v) is 11.8. The molecule has 0 atom stereocenters. The maximum absolute atomic E-state index is 13.4. The van der Waals surface area contributed by atoms with E-state index < -0.39 is 29.3 Å². The lowest BCUT2D eigenvalue weighted by Gasteiger charge is -2.49. The molecule has 3 N–H and O–H groups in total. The lowest BCUT2D eigenvalue weighted by molar-refractivity contribution is -0.138. The number of hydrogen-bond acceptors (Lipinski definition) is 5. The highest BCUT2D eigenvalue weighted by atomic mass is 19.4. The van der Waals surface area contributed by atoms with Gasteiger partial charge in [0, 0.05) is 25.7 Å². The van der Waals surface area contributed by atoms with Gasteiger partial charge in [-0.1, -0.05) is 24.3 Å². The number of hydrogen-bond donors (Lipinski definition) is 3. The Bertz CT molecular complexity index is 1150. The molecule has 0 bridgehead atoms. The molecule has 0 aromatic heterocycles. The molecule has 0 spiro atoms. The van der Waals surface area contributed by atoms with Crippen LogP contribution >= 0.6 is 0 Å². The molecular formula is C27H30F3N3O5. The van der Waals surface area contributed by atoms with Gasteiger partial charge >= 0.3 is 12.3 Å². The summed E-state index contributed by atoms with van der Waals surface area (Å²) in [6, 6.07) is 9.57. The first kappa shape index (κ1) is 28.6. The Morgan fingerprint density at radius 1 is 1.11 bits per heavy atom. The molecule has 11 heteroatoms. The highest BCUT2D eigenvalue weighted by Crippen LogP contribution is 2.40. The maximum Gasteiger partial charge on any atom is 0.420 e. The molecule has 0 unspecified atom stereocenters. The predicted octanol–water partition coefficient (Wildman–Crippen LogP) is 4.97. The van der Waals surface area contributed by atoms with Crippen LogP contribution in [0, 0.1) is 0 Å². The molecule has 2 aromatic carbocycles. The highest BCUT2D eigenvalue weighted by molar-refractivity contribution is 5.91. The van der Waals surface area contributed by atoms with Gasteiger partial charge in [-0.15, -0.1) is 13.2 Å². The van der Waals surface area contributed by atoms with Crippen molar-refractivity contribution in [2.45, 2.75) is 37.1 Å². The predicted molar refractivity (Wildman–Crippen MR) is 135 cm³/mol. The van der Waals surface area contributed by atoms with Crippen LogP contribution in [0.15, 0.2) is 67.8 Å². The Labute approximate surface area is 218 Å². The number of ether oxygens (including phenoxy) is 2. The summed E-state index contributed by atoms with van der Waals surface area (Å²) < 4.78 is 50.6. The van der Waals surface area contributed by atoms with Crippen molar-refractivity contribution in [2.75, 3.05) is 20.2 Å². The average molecular weight is 534 g/mol. The number of nitrogens with zero attached hydrogens (tertiary/aromatic N) is 1. The summed E-state index contributed by atoms with van der Waals surface area (Å²) in [4.78, 5) is 26.4. The number of alkyl halides is 3. The van der Waals surface area contributed by atoms with E-state index in [0.29, 0.717) is 31.5 Å². The Kier molecular flexibility index (Phi) is 9.05. The maximum atomic E-state index is 13.4. The van der Waals surface area contributed by atoms with Gasteiger partial charge in [-0.25, -0.2) is 4.79 Å². The van der Waals surface area contributed by atoms with E-state index in [1.165, 1.54) is 31.4 Å². The average Bonchev–Trinajstić information content (AvgIpc) is 2.84. The zero-order valence-corrected chi connectivity index (χ0v) is 20.9. The third kappa shape index (κ3) is 6.86. The molecule has 1 aliphatic carbocycles. The largest absolute Gasteiger partial charge is 0.497 e. The number of carbonyl (C=O) groups is 2. The summed E-state index contributed by atoms with van der Waals surface area (Å²) in [7, 11) is 1.27. The third-order valence-electron chi connectivity index (χ3n) is 6.29. The number of carbonyl (C=O) groups excluding carboxylic acids is 1. The standard InChI is InChI=1S/C27H30F3N3O5/c1-4-12-33(13-5-2)19-15-26(16-19,32-25(35)36)24(34)31-17-18-6-8-20(9-7-18)38-23-11-10-21(37-3)14-22(23)27(28,29)30/h4-11,14,19,32H,1-2,12-13,15-17H2,3H3,(H,31,34)(H,35,36). The van der Waals surface area contributed by atoms with Crippen molar-refractivity contribution in [1.29, 1.82) is 0 Å². The van der Waals surface area contributed by atoms with Crippen molar-refractivity contribution in [3.8, 4) is 17.2 Å². The quantitative estimate of drug-likeness (QED) is 0.334. The fourth-order valence-electron chi connectivity index (χ4n) is 4.36. The molecule has 2 aromatic rings. The molecule has 204 valence electrons. The normalized spacial score (nSPS) is 18.7. The summed E-state index contributed by atoms with van der Waals surface area (Å²) in [5, 5.41) is 14.4. The van der Waals surface area contributed by atoms with E-state index in [4.69, 9.17) is 9.47 Å². The molecular weight excluding hydrogens is 503 g/mol. The minimum absolute atomic E-state index is 0.0143. The van der Waals surface area contributed by atoms with Gasteiger partial charge in [0.2, 0.25) is 5.91 Å². The number of benzene rings is 2. The molecule has 8 nitrogen and oxygen atoms in total. The van der Waals surface area contributed by atoms with Gasteiger partial charge in [0.25, 0.3) is 0 Å². The molecule has 38 heavy (non-hydrogen) atoms. The first-order chi connectivity index (χ1) is 18.0. The molecule has 1 fully saturated rings. The lowest BCUT2D eigenvalue weighted by Crippen LogP contribution is -2.69. The van der Waals surface area contributed by atoms with Crippen LogP contribution < -0.4 is 20.1 Å². The second-order valence-corrected chi connectivity index (χ2v) is 8.89. The minimum Gasteiger partial charge on any atom is -0.497 e. The van der Waals surface area contributed by atoms with E-state index >= 15 is 0 Å². The van der Waals surface area contributed by atoms with Crippen LogP contribution in [0.5, 0.6) is 17.2 Å². The number of halogens is 3. The molecule has 0 saturated heterocycles.